The molecule has 0 unspecified atom stereocenters. The molecule has 1 aromatic carbocycles. The fourth-order valence-corrected chi connectivity index (χ4v) is 2.06. The molecule has 0 spiro atoms. The van der Waals surface area contributed by atoms with Crippen LogP contribution in [0.25, 0.3) is 0 Å². The Morgan fingerprint density at radius 1 is 1.22 bits per heavy atom. The van der Waals surface area contributed by atoms with Crippen molar-refractivity contribution in [3.8, 4) is 0 Å². The zero-order valence-electron chi connectivity index (χ0n) is 10.3. The fraction of sp³-hybridized carbons (Fsp3) is 0.308. The van der Waals surface area contributed by atoms with Gasteiger partial charge in [-0.25, -0.2) is 4.98 Å². The summed E-state index contributed by atoms with van der Waals surface area (Å²) >= 11 is 11.9. The van der Waals surface area contributed by atoms with Crippen molar-refractivity contribution in [2.45, 2.75) is 26.9 Å². The van der Waals surface area contributed by atoms with Gasteiger partial charge in [0.05, 0.1) is 12.2 Å². The first-order valence-corrected chi connectivity index (χ1v) is 6.39. The topological polar surface area (TPSA) is 38.1 Å². The highest BCUT2D eigenvalue weighted by Crippen LogP contribution is 2.20. The number of nitrogens with zero attached hydrogens (tertiary/aromatic N) is 1. The third-order valence-corrected chi connectivity index (χ3v) is 3.27. The normalized spacial score (nSPS) is 10.9. The Bertz CT molecular complexity index is 532. The Morgan fingerprint density at radius 3 is 2.61 bits per heavy atom. The van der Waals surface area contributed by atoms with Crippen molar-refractivity contribution in [1.29, 1.82) is 0 Å². The molecule has 0 aliphatic rings. The smallest absolute Gasteiger partial charge is 0.208 e. The Labute approximate surface area is 116 Å². The Hall–Kier alpha value is -1.03. The molecule has 96 valence electrons. The number of rotatable bonds is 4. The second kappa shape index (κ2) is 5.74. The molecule has 2 aromatic rings. The quantitative estimate of drug-likeness (QED) is 0.926. The van der Waals surface area contributed by atoms with E-state index in [0.717, 1.165) is 17.0 Å². The lowest BCUT2D eigenvalue weighted by atomic mass is 10.2. The molecule has 3 nitrogen and oxygen atoms in total. The highest BCUT2D eigenvalue weighted by atomic mass is 35.5. The molecule has 18 heavy (non-hydrogen) atoms. The molecule has 0 aliphatic carbocycles. The van der Waals surface area contributed by atoms with Gasteiger partial charge < -0.3 is 9.73 Å². The molecular formula is C13H14Cl2N2O. The summed E-state index contributed by atoms with van der Waals surface area (Å²) in [4.78, 5) is 4.29. The van der Waals surface area contributed by atoms with Crippen LogP contribution in [-0.4, -0.2) is 4.98 Å². The molecule has 1 heterocycles. The molecule has 0 fully saturated rings. The van der Waals surface area contributed by atoms with E-state index in [9.17, 15) is 0 Å². The van der Waals surface area contributed by atoms with Crippen LogP contribution in [0.15, 0.2) is 22.6 Å². The van der Waals surface area contributed by atoms with Gasteiger partial charge in [-0.15, -0.1) is 0 Å². The summed E-state index contributed by atoms with van der Waals surface area (Å²) in [5.41, 5.74) is 1.93. The van der Waals surface area contributed by atoms with Crippen LogP contribution in [-0.2, 0) is 13.1 Å². The van der Waals surface area contributed by atoms with E-state index in [1.54, 1.807) is 6.07 Å². The van der Waals surface area contributed by atoms with E-state index in [1.807, 2.05) is 26.0 Å². The van der Waals surface area contributed by atoms with Crippen molar-refractivity contribution in [1.82, 2.24) is 10.3 Å². The average Bonchev–Trinajstić information content (AvgIpc) is 2.61. The van der Waals surface area contributed by atoms with Gasteiger partial charge in [-0.2, -0.15) is 0 Å². The van der Waals surface area contributed by atoms with Crippen molar-refractivity contribution < 1.29 is 4.42 Å². The highest BCUT2D eigenvalue weighted by Gasteiger charge is 2.06. The molecular weight excluding hydrogens is 271 g/mol. The standard InChI is InChI=1S/C13H14Cl2N2O/c1-8-9(2)18-13(17-8)7-16-6-10-3-4-11(14)5-12(10)15/h3-5,16H,6-7H2,1-2H3. The highest BCUT2D eigenvalue weighted by molar-refractivity contribution is 6.35. The third-order valence-electron chi connectivity index (χ3n) is 2.68. The molecule has 2 rings (SSSR count). The van der Waals surface area contributed by atoms with Crippen LogP contribution in [0, 0.1) is 13.8 Å². The van der Waals surface area contributed by atoms with E-state index >= 15 is 0 Å². The number of halogens is 2. The van der Waals surface area contributed by atoms with Gasteiger partial charge in [0.25, 0.3) is 0 Å². The summed E-state index contributed by atoms with van der Waals surface area (Å²) in [7, 11) is 0. The van der Waals surface area contributed by atoms with Gasteiger partial charge in [-0.05, 0) is 31.5 Å². The molecule has 0 saturated carbocycles. The first-order chi connectivity index (χ1) is 8.56. The molecule has 0 atom stereocenters. The number of hydrogen-bond acceptors (Lipinski definition) is 3. The number of aromatic nitrogens is 1. The molecule has 0 amide bonds. The number of hydrogen-bond donors (Lipinski definition) is 1. The molecule has 0 saturated heterocycles. The van der Waals surface area contributed by atoms with Gasteiger partial charge in [0.15, 0.2) is 0 Å². The van der Waals surface area contributed by atoms with Crippen LogP contribution >= 0.6 is 23.2 Å². The first kappa shape index (κ1) is 13.4. The second-order valence-corrected chi connectivity index (χ2v) is 4.93. The number of benzene rings is 1. The van der Waals surface area contributed by atoms with Crippen LogP contribution < -0.4 is 5.32 Å². The van der Waals surface area contributed by atoms with E-state index < -0.39 is 0 Å². The lowest BCUT2D eigenvalue weighted by molar-refractivity contribution is 0.448. The van der Waals surface area contributed by atoms with Gasteiger partial charge in [-0.3, -0.25) is 0 Å². The summed E-state index contributed by atoms with van der Waals surface area (Å²) in [6, 6.07) is 5.47. The molecule has 0 radical (unpaired) electrons. The lowest BCUT2D eigenvalue weighted by Crippen LogP contribution is -2.13. The van der Waals surface area contributed by atoms with E-state index in [-0.39, 0.29) is 0 Å². The van der Waals surface area contributed by atoms with Crippen molar-refractivity contribution in [3.05, 3.63) is 51.2 Å². The fourth-order valence-electron chi connectivity index (χ4n) is 1.58. The molecule has 5 heteroatoms. The van der Waals surface area contributed by atoms with Crippen molar-refractivity contribution in [3.63, 3.8) is 0 Å². The van der Waals surface area contributed by atoms with Gasteiger partial charge >= 0.3 is 0 Å². The van der Waals surface area contributed by atoms with Crippen molar-refractivity contribution in [2.75, 3.05) is 0 Å². The van der Waals surface area contributed by atoms with Crippen molar-refractivity contribution in [2.24, 2.45) is 0 Å². The summed E-state index contributed by atoms with van der Waals surface area (Å²) < 4.78 is 5.47. The van der Waals surface area contributed by atoms with E-state index in [4.69, 9.17) is 27.6 Å². The summed E-state index contributed by atoms with van der Waals surface area (Å²) in [6.45, 7) is 5.06. The maximum Gasteiger partial charge on any atom is 0.208 e. The van der Waals surface area contributed by atoms with Gasteiger partial charge in [0.2, 0.25) is 5.89 Å². The monoisotopic (exact) mass is 284 g/mol. The summed E-state index contributed by atoms with van der Waals surface area (Å²) in [5.74, 6) is 1.55. The Balaban J connectivity index is 1.92. The van der Waals surface area contributed by atoms with E-state index in [1.165, 1.54) is 0 Å². The molecule has 1 N–H and O–H groups in total. The SMILES string of the molecule is Cc1nc(CNCc2ccc(Cl)cc2Cl)oc1C. The maximum absolute atomic E-state index is 6.08. The second-order valence-electron chi connectivity index (χ2n) is 4.09. The predicted octanol–water partition coefficient (Wildman–Crippen LogP) is 3.89. The zero-order chi connectivity index (χ0) is 13.1. The zero-order valence-corrected chi connectivity index (χ0v) is 11.8. The minimum atomic E-state index is 0.577. The van der Waals surface area contributed by atoms with Crippen LogP contribution in [0.1, 0.15) is 22.9 Å². The van der Waals surface area contributed by atoms with Crippen molar-refractivity contribution >= 4 is 23.2 Å². The molecule has 1 aromatic heterocycles. The summed E-state index contributed by atoms with van der Waals surface area (Å²) in [5, 5.41) is 4.54. The Kier molecular flexibility index (Phi) is 4.27. The first-order valence-electron chi connectivity index (χ1n) is 5.64. The van der Waals surface area contributed by atoms with Gasteiger partial charge in [0.1, 0.15) is 5.76 Å². The van der Waals surface area contributed by atoms with E-state index in [2.05, 4.69) is 10.3 Å². The number of nitrogens with one attached hydrogen (secondary N) is 1. The minimum Gasteiger partial charge on any atom is -0.444 e. The van der Waals surface area contributed by atoms with Crippen LogP contribution in [0.3, 0.4) is 0 Å². The van der Waals surface area contributed by atoms with Crippen LogP contribution in [0.5, 0.6) is 0 Å². The Morgan fingerprint density at radius 2 is 2.00 bits per heavy atom. The molecule has 0 aliphatic heterocycles. The molecule has 0 bridgehead atoms. The number of oxazole rings is 1. The number of aryl methyl sites for hydroxylation is 2. The van der Waals surface area contributed by atoms with E-state index in [0.29, 0.717) is 29.0 Å². The third kappa shape index (κ3) is 3.25. The predicted molar refractivity (Wildman–Crippen MR) is 73.0 cm³/mol. The summed E-state index contributed by atoms with van der Waals surface area (Å²) in [6.07, 6.45) is 0. The van der Waals surface area contributed by atoms with Gasteiger partial charge in [-0.1, -0.05) is 29.3 Å². The largest absolute Gasteiger partial charge is 0.444 e. The lowest BCUT2D eigenvalue weighted by Gasteiger charge is -2.05. The average molecular weight is 285 g/mol. The van der Waals surface area contributed by atoms with Crippen LogP contribution in [0.2, 0.25) is 10.0 Å². The minimum absolute atomic E-state index is 0.577. The van der Waals surface area contributed by atoms with Gasteiger partial charge in [0, 0.05) is 16.6 Å². The maximum atomic E-state index is 6.08. The van der Waals surface area contributed by atoms with Crippen LogP contribution in [0.4, 0.5) is 0 Å².